The van der Waals surface area contributed by atoms with Crippen molar-refractivity contribution in [1.82, 2.24) is 0 Å². The van der Waals surface area contributed by atoms with Crippen molar-refractivity contribution in [3.63, 3.8) is 0 Å². The standard InChI is InChI=1S/C12H14O/c1-9(2)12(10(3)13-12)11-7-5-4-6-8-11/h4-8,10H,1H2,2-3H3/t10-,12+/m0/s1. The summed E-state index contributed by atoms with van der Waals surface area (Å²) in [6.07, 6.45) is 0.271. The summed E-state index contributed by atoms with van der Waals surface area (Å²) in [6, 6.07) is 10.3. The molecule has 1 aromatic carbocycles. The number of ether oxygens (including phenoxy) is 1. The molecule has 1 nitrogen and oxygen atoms in total. The molecule has 1 aromatic rings. The SMILES string of the molecule is C=C(C)[C@@]1(c2ccccc2)O[C@H]1C. The summed E-state index contributed by atoms with van der Waals surface area (Å²) in [5, 5.41) is 0. The number of rotatable bonds is 2. The molecule has 68 valence electrons. The van der Waals surface area contributed by atoms with Gasteiger partial charge in [-0.15, -0.1) is 0 Å². The quantitative estimate of drug-likeness (QED) is 0.496. The average molecular weight is 174 g/mol. The third-order valence-electron chi connectivity index (χ3n) is 2.71. The Bertz CT molecular complexity index is 328. The molecule has 1 aliphatic heterocycles. The van der Waals surface area contributed by atoms with Crippen molar-refractivity contribution in [3.8, 4) is 0 Å². The van der Waals surface area contributed by atoms with Gasteiger partial charge in [0.25, 0.3) is 0 Å². The number of hydrogen-bond acceptors (Lipinski definition) is 1. The molecule has 0 aromatic heterocycles. The van der Waals surface area contributed by atoms with Crippen molar-refractivity contribution in [2.45, 2.75) is 25.6 Å². The molecule has 1 aliphatic rings. The molecule has 0 unspecified atom stereocenters. The minimum Gasteiger partial charge on any atom is -0.356 e. The van der Waals surface area contributed by atoms with E-state index >= 15 is 0 Å². The second-order valence-corrected chi connectivity index (χ2v) is 3.64. The van der Waals surface area contributed by atoms with Crippen LogP contribution in [-0.2, 0) is 10.3 Å². The minimum atomic E-state index is -0.193. The van der Waals surface area contributed by atoms with Gasteiger partial charge >= 0.3 is 0 Å². The van der Waals surface area contributed by atoms with Crippen LogP contribution in [0.15, 0.2) is 42.5 Å². The molecule has 0 spiro atoms. The summed E-state index contributed by atoms with van der Waals surface area (Å²) in [7, 11) is 0. The molecule has 1 heteroatoms. The topological polar surface area (TPSA) is 12.5 Å². The molecule has 1 fully saturated rings. The Kier molecular flexibility index (Phi) is 1.77. The molecule has 2 rings (SSSR count). The average Bonchev–Trinajstić information content (AvgIpc) is 2.80. The van der Waals surface area contributed by atoms with Crippen LogP contribution in [-0.4, -0.2) is 6.10 Å². The van der Waals surface area contributed by atoms with Gasteiger partial charge in [0.05, 0.1) is 6.10 Å². The molecule has 0 aliphatic carbocycles. The summed E-state index contributed by atoms with van der Waals surface area (Å²) < 4.78 is 5.65. The monoisotopic (exact) mass is 174 g/mol. The molecule has 1 heterocycles. The van der Waals surface area contributed by atoms with Crippen molar-refractivity contribution >= 4 is 0 Å². The molecule has 0 radical (unpaired) electrons. The van der Waals surface area contributed by atoms with E-state index < -0.39 is 0 Å². The third-order valence-corrected chi connectivity index (χ3v) is 2.71. The zero-order valence-electron chi connectivity index (χ0n) is 8.08. The van der Waals surface area contributed by atoms with Crippen LogP contribution in [0.5, 0.6) is 0 Å². The summed E-state index contributed by atoms with van der Waals surface area (Å²) in [6.45, 7) is 8.10. The van der Waals surface area contributed by atoms with E-state index in [2.05, 4.69) is 25.6 Å². The van der Waals surface area contributed by atoms with Crippen LogP contribution in [0.4, 0.5) is 0 Å². The smallest absolute Gasteiger partial charge is 0.140 e. The molecular formula is C12H14O. The maximum Gasteiger partial charge on any atom is 0.140 e. The van der Waals surface area contributed by atoms with Crippen LogP contribution in [0.3, 0.4) is 0 Å². The normalized spacial score (nSPS) is 31.4. The lowest BCUT2D eigenvalue weighted by Crippen LogP contribution is -2.12. The highest BCUT2D eigenvalue weighted by molar-refractivity contribution is 5.38. The number of benzene rings is 1. The molecule has 13 heavy (non-hydrogen) atoms. The molecule has 2 atom stereocenters. The second-order valence-electron chi connectivity index (χ2n) is 3.64. The first kappa shape index (κ1) is 8.52. The van der Waals surface area contributed by atoms with Crippen LogP contribution < -0.4 is 0 Å². The molecule has 0 amide bonds. The van der Waals surface area contributed by atoms with E-state index in [1.165, 1.54) is 5.56 Å². The van der Waals surface area contributed by atoms with Crippen molar-refractivity contribution in [2.75, 3.05) is 0 Å². The Morgan fingerprint density at radius 2 is 1.92 bits per heavy atom. The largest absolute Gasteiger partial charge is 0.356 e. The van der Waals surface area contributed by atoms with Crippen molar-refractivity contribution in [2.24, 2.45) is 0 Å². The maximum atomic E-state index is 5.65. The molecule has 0 bridgehead atoms. The van der Waals surface area contributed by atoms with E-state index in [1.807, 2.05) is 25.1 Å². The predicted molar refractivity (Wildman–Crippen MR) is 53.5 cm³/mol. The first-order valence-electron chi connectivity index (χ1n) is 4.57. The van der Waals surface area contributed by atoms with Crippen molar-refractivity contribution < 1.29 is 4.74 Å². The van der Waals surface area contributed by atoms with Crippen LogP contribution in [0.2, 0.25) is 0 Å². The highest BCUT2D eigenvalue weighted by Gasteiger charge is 2.55. The zero-order valence-corrected chi connectivity index (χ0v) is 8.08. The minimum absolute atomic E-state index is 0.193. The number of hydrogen-bond donors (Lipinski definition) is 0. The van der Waals surface area contributed by atoms with Gasteiger partial charge < -0.3 is 4.74 Å². The van der Waals surface area contributed by atoms with Gasteiger partial charge in [0.15, 0.2) is 0 Å². The summed E-state index contributed by atoms with van der Waals surface area (Å²) in [5.74, 6) is 0. The van der Waals surface area contributed by atoms with Crippen LogP contribution in [0, 0.1) is 0 Å². The molecule has 0 saturated carbocycles. The van der Waals surface area contributed by atoms with Gasteiger partial charge in [-0.3, -0.25) is 0 Å². The lowest BCUT2D eigenvalue weighted by atomic mass is 9.90. The lowest BCUT2D eigenvalue weighted by molar-refractivity contribution is 0.329. The summed E-state index contributed by atoms with van der Waals surface area (Å²) >= 11 is 0. The first-order chi connectivity index (χ1) is 6.18. The Hall–Kier alpha value is -1.08. The van der Waals surface area contributed by atoms with E-state index in [0.29, 0.717) is 0 Å². The Morgan fingerprint density at radius 1 is 1.38 bits per heavy atom. The van der Waals surface area contributed by atoms with Gasteiger partial charge in [-0.2, -0.15) is 0 Å². The fourth-order valence-electron chi connectivity index (χ4n) is 1.93. The summed E-state index contributed by atoms with van der Waals surface area (Å²) in [5.41, 5.74) is 2.11. The van der Waals surface area contributed by atoms with Crippen molar-refractivity contribution in [3.05, 3.63) is 48.0 Å². The fourth-order valence-corrected chi connectivity index (χ4v) is 1.93. The first-order valence-corrected chi connectivity index (χ1v) is 4.57. The van der Waals surface area contributed by atoms with Gasteiger partial charge in [0.1, 0.15) is 5.60 Å². The Balaban J connectivity index is 2.40. The van der Waals surface area contributed by atoms with Crippen molar-refractivity contribution in [1.29, 1.82) is 0 Å². The van der Waals surface area contributed by atoms with Gasteiger partial charge in [0.2, 0.25) is 0 Å². The van der Waals surface area contributed by atoms with E-state index in [0.717, 1.165) is 5.57 Å². The van der Waals surface area contributed by atoms with Crippen LogP contribution in [0.1, 0.15) is 19.4 Å². The van der Waals surface area contributed by atoms with E-state index in [4.69, 9.17) is 4.74 Å². The fraction of sp³-hybridized carbons (Fsp3) is 0.333. The lowest BCUT2D eigenvalue weighted by Gasteiger charge is -2.12. The highest BCUT2D eigenvalue weighted by atomic mass is 16.6. The van der Waals surface area contributed by atoms with Crippen LogP contribution in [0.25, 0.3) is 0 Å². The summed E-state index contributed by atoms with van der Waals surface area (Å²) in [4.78, 5) is 0. The van der Waals surface area contributed by atoms with Gasteiger partial charge in [-0.1, -0.05) is 36.9 Å². The van der Waals surface area contributed by atoms with Gasteiger partial charge in [-0.25, -0.2) is 0 Å². The molecule has 0 N–H and O–H groups in total. The molecule has 1 saturated heterocycles. The predicted octanol–water partition coefficient (Wildman–Crippen LogP) is 2.88. The van der Waals surface area contributed by atoms with E-state index in [9.17, 15) is 0 Å². The van der Waals surface area contributed by atoms with Gasteiger partial charge in [0, 0.05) is 0 Å². The number of epoxide rings is 1. The Morgan fingerprint density at radius 3 is 2.31 bits per heavy atom. The maximum absolute atomic E-state index is 5.65. The highest BCUT2D eigenvalue weighted by Crippen LogP contribution is 2.50. The van der Waals surface area contributed by atoms with E-state index in [-0.39, 0.29) is 11.7 Å². The second kappa shape index (κ2) is 2.71. The van der Waals surface area contributed by atoms with Gasteiger partial charge in [-0.05, 0) is 25.0 Å². The zero-order chi connectivity index (χ0) is 9.47. The van der Waals surface area contributed by atoms with E-state index in [1.54, 1.807) is 0 Å². The van der Waals surface area contributed by atoms with Crippen LogP contribution >= 0.6 is 0 Å². The third kappa shape index (κ3) is 1.11. The molecular weight excluding hydrogens is 160 g/mol. The Labute approximate surface area is 79.0 Å².